The first kappa shape index (κ1) is 14.8. The summed E-state index contributed by atoms with van der Waals surface area (Å²) in [4.78, 5) is 11.4. The minimum absolute atomic E-state index is 0.111. The Bertz CT molecular complexity index is 405. The van der Waals surface area contributed by atoms with Crippen molar-refractivity contribution in [1.29, 1.82) is 0 Å². The van der Waals surface area contributed by atoms with E-state index in [1.165, 1.54) is 0 Å². The van der Waals surface area contributed by atoms with Crippen LogP contribution in [0.4, 0.5) is 0 Å². The summed E-state index contributed by atoms with van der Waals surface area (Å²) in [5.41, 5.74) is 0.234. The van der Waals surface area contributed by atoms with Crippen LogP contribution in [0.1, 0.15) is 41.5 Å². The van der Waals surface area contributed by atoms with Crippen LogP contribution in [-0.4, -0.2) is 10.7 Å². The number of ketones is 1. The minimum Gasteiger partial charge on any atom is -0.288 e. The van der Waals surface area contributed by atoms with Gasteiger partial charge >= 0.3 is 0 Å². The smallest absolute Gasteiger partial charge is 0.200 e. The Morgan fingerprint density at radius 1 is 1.06 bits per heavy atom. The lowest BCUT2D eigenvalue weighted by Gasteiger charge is -2.39. The number of hydrogen-bond acceptors (Lipinski definition) is 1. The summed E-state index contributed by atoms with van der Waals surface area (Å²) in [5, 5.41) is 0.224. The summed E-state index contributed by atoms with van der Waals surface area (Å²) in [5.74, 6) is -0.111. The molecule has 0 N–H and O–H groups in total. The van der Waals surface area contributed by atoms with Gasteiger partial charge < -0.3 is 0 Å². The first-order valence-electron chi connectivity index (χ1n) is 5.74. The fourth-order valence-electron chi connectivity index (χ4n) is 1.69. The second-order valence-corrected chi connectivity index (χ2v) is 7.68. The van der Waals surface area contributed by atoms with Crippen molar-refractivity contribution in [3.63, 3.8) is 0 Å². The van der Waals surface area contributed by atoms with Gasteiger partial charge in [0.1, 0.15) is 0 Å². The van der Waals surface area contributed by atoms with Gasteiger partial charge in [-0.15, -0.1) is 11.6 Å². The van der Waals surface area contributed by atoms with Gasteiger partial charge in [-0.05, 0) is 16.9 Å². The van der Waals surface area contributed by atoms with Crippen LogP contribution in [0.15, 0.2) is 22.8 Å². The summed E-state index contributed by atoms with van der Waals surface area (Å²) >= 11 is 12.7. The second kappa shape index (κ2) is 4.13. The topological polar surface area (TPSA) is 17.1 Å². The highest BCUT2D eigenvalue weighted by atomic mass is 35.5. The van der Waals surface area contributed by atoms with Gasteiger partial charge in [-0.1, -0.05) is 59.2 Å². The maximum Gasteiger partial charge on any atom is 0.200 e. The Morgan fingerprint density at radius 3 is 1.88 bits per heavy atom. The maximum absolute atomic E-state index is 12.1. The third-order valence-electron chi connectivity index (χ3n) is 3.11. The molecule has 0 bridgehead atoms. The Hall–Kier alpha value is -0.270. The Labute approximate surface area is 114 Å². The third-order valence-corrected chi connectivity index (χ3v) is 4.18. The molecular formula is C14H20Cl2O. The molecule has 0 amide bonds. The van der Waals surface area contributed by atoms with Gasteiger partial charge in [0.05, 0.1) is 9.91 Å². The molecule has 1 aliphatic rings. The monoisotopic (exact) mass is 274 g/mol. The summed E-state index contributed by atoms with van der Waals surface area (Å²) in [6, 6.07) is 0. The molecule has 0 spiro atoms. The lowest BCUT2D eigenvalue weighted by Crippen LogP contribution is -2.38. The van der Waals surface area contributed by atoms with Gasteiger partial charge in [0.25, 0.3) is 0 Å². The van der Waals surface area contributed by atoms with E-state index >= 15 is 0 Å². The van der Waals surface area contributed by atoms with Gasteiger partial charge in [0.15, 0.2) is 5.78 Å². The standard InChI is InChI=1S/C14H20Cl2O/c1-12(2,3)9-7-14(16,13(4,5)6)8-10(15)11(9)17/h7-8H,1-6H3. The minimum atomic E-state index is -0.708. The van der Waals surface area contributed by atoms with Crippen molar-refractivity contribution in [3.8, 4) is 0 Å². The molecule has 1 aliphatic carbocycles. The van der Waals surface area contributed by atoms with Crippen molar-refractivity contribution < 1.29 is 4.79 Å². The molecule has 0 fully saturated rings. The van der Waals surface area contributed by atoms with E-state index in [1.54, 1.807) is 6.08 Å². The number of hydrogen-bond donors (Lipinski definition) is 0. The molecule has 0 aromatic heterocycles. The summed E-state index contributed by atoms with van der Waals surface area (Å²) < 4.78 is 0. The molecule has 3 heteroatoms. The molecule has 1 rings (SSSR count). The average molecular weight is 275 g/mol. The number of carbonyl (C=O) groups is 1. The number of rotatable bonds is 0. The summed E-state index contributed by atoms with van der Waals surface area (Å²) in [6.07, 6.45) is 3.52. The van der Waals surface area contributed by atoms with Crippen molar-refractivity contribution in [2.75, 3.05) is 0 Å². The zero-order chi connectivity index (χ0) is 13.6. The van der Waals surface area contributed by atoms with Crippen LogP contribution < -0.4 is 0 Å². The van der Waals surface area contributed by atoms with Crippen molar-refractivity contribution in [3.05, 3.63) is 22.8 Å². The molecule has 0 aromatic rings. The van der Waals surface area contributed by atoms with Gasteiger partial charge in [-0.3, -0.25) is 4.79 Å². The molecule has 1 atom stereocenters. The van der Waals surface area contributed by atoms with Gasteiger partial charge in [-0.2, -0.15) is 0 Å². The Balaban J connectivity index is 3.39. The number of carbonyl (C=O) groups excluding carboxylic acids is 1. The van der Waals surface area contributed by atoms with Crippen molar-refractivity contribution in [2.45, 2.75) is 46.4 Å². The van der Waals surface area contributed by atoms with E-state index in [2.05, 4.69) is 0 Å². The van der Waals surface area contributed by atoms with Crippen LogP contribution in [0.3, 0.4) is 0 Å². The maximum atomic E-state index is 12.1. The second-order valence-electron chi connectivity index (χ2n) is 6.65. The quantitative estimate of drug-likeness (QED) is 0.586. The zero-order valence-corrected chi connectivity index (χ0v) is 12.8. The van der Waals surface area contributed by atoms with Crippen LogP contribution in [0.25, 0.3) is 0 Å². The average Bonchev–Trinajstić information content (AvgIpc) is 2.07. The van der Waals surface area contributed by atoms with Crippen molar-refractivity contribution in [1.82, 2.24) is 0 Å². The highest BCUT2D eigenvalue weighted by Gasteiger charge is 2.43. The van der Waals surface area contributed by atoms with Crippen LogP contribution in [-0.2, 0) is 4.79 Å². The molecule has 0 aromatic carbocycles. The molecule has 1 nitrogen and oxygen atoms in total. The largest absolute Gasteiger partial charge is 0.288 e. The molecule has 0 saturated carbocycles. The predicted molar refractivity (Wildman–Crippen MR) is 74.5 cm³/mol. The molecule has 17 heavy (non-hydrogen) atoms. The highest BCUT2D eigenvalue weighted by Crippen LogP contribution is 2.46. The van der Waals surface area contributed by atoms with E-state index in [0.717, 1.165) is 0 Å². The van der Waals surface area contributed by atoms with Gasteiger partial charge in [-0.25, -0.2) is 0 Å². The van der Waals surface area contributed by atoms with E-state index in [0.29, 0.717) is 5.57 Å². The van der Waals surface area contributed by atoms with E-state index in [-0.39, 0.29) is 21.6 Å². The molecule has 0 heterocycles. The SMILES string of the molecule is CC(C)(C)C1=CC(Cl)(C(C)(C)C)C=C(Cl)C1=O. The van der Waals surface area contributed by atoms with E-state index in [9.17, 15) is 4.79 Å². The molecule has 0 saturated heterocycles. The number of alkyl halides is 1. The fourth-order valence-corrected chi connectivity index (χ4v) is 2.23. The Kier molecular flexibility index (Phi) is 3.60. The Morgan fingerprint density at radius 2 is 1.53 bits per heavy atom. The van der Waals surface area contributed by atoms with Crippen LogP contribution in [0.2, 0.25) is 0 Å². The van der Waals surface area contributed by atoms with Gasteiger partial charge in [0, 0.05) is 5.57 Å². The molecule has 96 valence electrons. The first-order chi connectivity index (χ1) is 7.38. The van der Waals surface area contributed by atoms with E-state index in [4.69, 9.17) is 23.2 Å². The molecule has 0 aliphatic heterocycles. The number of allylic oxidation sites excluding steroid dienone is 4. The third kappa shape index (κ3) is 2.77. The molecule has 0 radical (unpaired) electrons. The van der Waals surface area contributed by atoms with E-state index in [1.807, 2.05) is 47.6 Å². The predicted octanol–water partition coefficient (Wildman–Crippen LogP) is 4.69. The zero-order valence-electron chi connectivity index (χ0n) is 11.3. The number of halogens is 2. The van der Waals surface area contributed by atoms with E-state index < -0.39 is 4.87 Å². The van der Waals surface area contributed by atoms with Crippen molar-refractivity contribution >= 4 is 29.0 Å². The van der Waals surface area contributed by atoms with Crippen LogP contribution in [0, 0.1) is 10.8 Å². The lowest BCUT2D eigenvalue weighted by molar-refractivity contribution is -0.112. The fraction of sp³-hybridized carbons (Fsp3) is 0.643. The van der Waals surface area contributed by atoms with Gasteiger partial charge in [0.2, 0.25) is 0 Å². The van der Waals surface area contributed by atoms with Crippen LogP contribution in [0.5, 0.6) is 0 Å². The summed E-state index contributed by atoms with van der Waals surface area (Å²) in [6.45, 7) is 12.1. The number of Topliss-reactive ketones (excluding diaryl/α,β-unsaturated/α-hetero) is 1. The summed E-state index contributed by atoms with van der Waals surface area (Å²) in [7, 11) is 0. The van der Waals surface area contributed by atoms with Crippen molar-refractivity contribution in [2.24, 2.45) is 10.8 Å². The van der Waals surface area contributed by atoms with Crippen LogP contribution >= 0.6 is 23.2 Å². The first-order valence-corrected chi connectivity index (χ1v) is 6.49. The lowest BCUT2D eigenvalue weighted by atomic mass is 9.72. The molecular weight excluding hydrogens is 255 g/mol. The molecule has 1 unspecified atom stereocenters. The highest BCUT2D eigenvalue weighted by molar-refractivity contribution is 6.47. The normalized spacial score (nSPS) is 26.7.